The summed E-state index contributed by atoms with van der Waals surface area (Å²) in [7, 11) is 0. The molecule has 25 heteroatoms. The van der Waals surface area contributed by atoms with Gasteiger partial charge in [0, 0.05) is 6.54 Å². The zero-order valence-electron chi connectivity index (χ0n) is 41.8. The second kappa shape index (κ2) is 31.1. The molecule has 17 N–H and O–H groups in total. The van der Waals surface area contributed by atoms with Crippen LogP contribution in [0.4, 0.5) is 0 Å². The van der Waals surface area contributed by atoms with Gasteiger partial charge in [0.1, 0.15) is 48.3 Å². The number of hydrogen-bond donors (Lipinski definition) is 14. The highest BCUT2D eigenvalue weighted by atomic mass is 16.4. The van der Waals surface area contributed by atoms with Gasteiger partial charge in [0.15, 0.2) is 5.96 Å². The minimum absolute atomic E-state index is 0.0158. The number of hydrogen-bond acceptors (Lipinski definition) is 13. The van der Waals surface area contributed by atoms with Crippen molar-refractivity contribution in [2.75, 3.05) is 13.2 Å². The number of nitrogens with zero attached hydrogens (tertiary/aromatic N) is 1. The molecule has 10 atom stereocenters. The van der Waals surface area contributed by atoms with Crippen molar-refractivity contribution in [3.8, 4) is 0 Å². The SMILES string of the molecule is CC[C@H](C)[C@H](NC(=O)[C@H](CCCN=C(N)N)NC(=O)[C@H](CC(=O)O)NC(=O)[C@H](CC(C)C)NC(=O)[C@H](CC(C)C)NC(=O)[C@H](C)N)C(=O)N[C@H](C(=O)N[C@@H](CO)C(=O)N[C@H](C(=O)O)C(C)C)C(C)C. The van der Waals surface area contributed by atoms with Gasteiger partial charge in [-0.15, -0.1) is 0 Å². The van der Waals surface area contributed by atoms with Crippen molar-refractivity contribution < 1.29 is 63.3 Å². The van der Waals surface area contributed by atoms with E-state index in [1.54, 1.807) is 55.4 Å². The maximum absolute atomic E-state index is 14.1. The summed E-state index contributed by atoms with van der Waals surface area (Å²) >= 11 is 0. The molecule has 0 aliphatic heterocycles. The minimum Gasteiger partial charge on any atom is -0.481 e. The topological polar surface area (TPSA) is 418 Å². The Morgan fingerprint density at radius 2 is 0.899 bits per heavy atom. The van der Waals surface area contributed by atoms with Crippen LogP contribution in [0.1, 0.15) is 115 Å². The summed E-state index contributed by atoms with van der Waals surface area (Å²) in [5, 5.41) is 49.1. The normalized spacial score (nSPS) is 15.7. The van der Waals surface area contributed by atoms with Crippen LogP contribution in [0.15, 0.2) is 4.99 Å². The van der Waals surface area contributed by atoms with E-state index in [1.807, 2.05) is 13.8 Å². The number of nitrogens with two attached hydrogens (primary N) is 3. The van der Waals surface area contributed by atoms with Crippen molar-refractivity contribution in [2.24, 2.45) is 51.8 Å². The van der Waals surface area contributed by atoms with Crippen LogP contribution in [0.3, 0.4) is 0 Å². The van der Waals surface area contributed by atoms with Gasteiger partial charge >= 0.3 is 11.9 Å². The zero-order valence-corrected chi connectivity index (χ0v) is 41.8. The Kier molecular flexibility index (Phi) is 28.4. The first-order valence-corrected chi connectivity index (χ1v) is 23.3. The third kappa shape index (κ3) is 23.6. The monoisotopic (exact) mass is 985 g/mol. The van der Waals surface area contributed by atoms with E-state index in [0.29, 0.717) is 6.42 Å². The average molecular weight is 985 g/mol. The van der Waals surface area contributed by atoms with Crippen LogP contribution in [-0.2, 0) is 47.9 Å². The van der Waals surface area contributed by atoms with Crippen molar-refractivity contribution >= 4 is 65.2 Å². The number of aliphatic hydroxyl groups excluding tert-OH is 1. The molecule has 0 bridgehead atoms. The summed E-state index contributed by atoms with van der Waals surface area (Å²) in [4.78, 5) is 136. The molecule has 0 spiro atoms. The van der Waals surface area contributed by atoms with E-state index in [2.05, 4.69) is 47.5 Å². The Hall–Kier alpha value is -6.11. The summed E-state index contributed by atoms with van der Waals surface area (Å²) in [5.41, 5.74) is 16.6. The predicted octanol–water partition coefficient (Wildman–Crippen LogP) is -2.73. The molecule has 0 aliphatic carbocycles. The first kappa shape index (κ1) is 62.9. The van der Waals surface area contributed by atoms with Crippen LogP contribution >= 0.6 is 0 Å². The molecule has 0 aromatic heterocycles. The number of carbonyl (C=O) groups excluding carboxylic acids is 8. The Bertz CT molecular complexity index is 1790. The number of nitrogens with one attached hydrogen (secondary N) is 8. The number of aliphatic carboxylic acids is 2. The van der Waals surface area contributed by atoms with E-state index < -0.39 is 144 Å². The van der Waals surface area contributed by atoms with Crippen molar-refractivity contribution in [2.45, 2.75) is 169 Å². The highest BCUT2D eigenvalue weighted by Gasteiger charge is 2.37. The molecule has 0 aromatic rings. The van der Waals surface area contributed by atoms with Gasteiger partial charge in [-0.1, -0.05) is 75.7 Å². The number of guanidine groups is 1. The standard InChI is InChI=1S/C44H80N12O13/c1-12-24(10)34(42(67)54-32(22(6)7)41(66)53-30(19-57)40(65)55-33(23(8)9)43(68)69)56-36(61)26(14-13-15-48-44(46)47)49-39(64)29(18-31(58)59)52-38(63)28(17-21(4)5)51-37(62)27(16-20(2)3)50-35(60)25(11)45/h20-30,32-34,57H,12-19,45H2,1-11H3,(H,49,64)(H,50,60)(H,51,62)(H,52,63)(H,53,66)(H,54,67)(H,55,65)(H,56,61)(H,58,59)(H,68,69)(H4,46,47,48)/t24-,25-,26-,27-,28-,29-,30-,32-,33-,34-/m0/s1. The van der Waals surface area contributed by atoms with Gasteiger partial charge < -0.3 is 75.1 Å². The number of carbonyl (C=O) groups is 10. The Morgan fingerprint density at radius 3 is 1.32 bits per heavy atom. The summed E-state index contributed by atoms with van der Waals surface area (Å²) in [6.45, 7) is 17.3. The average Bonchev–Trinajstić information content (AvgIpc) is 3.23. The fourth-order valence-electron chi connectivity index (χ4n) is 6.64. The molecule has 69 heavy (non-hydrogen) atoms. The number of aliphatic hydroxyl groups is 1. The van der Waals surface area contributed by atoms with Gasteiger partial charge in [-0.3, -0.25) is 48.1 Å². The quantitative estimate of drug-likeness (QED) is 0.0185. The highest BCUT2D eigenvalue weighted by Crippen LogP contribution is 2.14. The van der Waals surface area contributed by atoms with Crippen LogP contribution in [0.2, 0.25) is 0 Å². The number of carboxylic acid groups (broad SMARTS) is 2. The maximum Gasteiger partial charge on any atom is 0.326 e. The van der Waals surface area contributed by atoms with Gasteiger partial charge in [0.05, 0.1) is 19.1 Å². The Labute approximate surface area is 404 Å². The molecule has 0 heterocycles. The van der Waals surface area contributed by atoms with Gasteiger partial charge in [-0.05, 0) is 62.2 Å². The van der Waals surface area contributed by atoms with Gasteiger partial charge in [-0.2, -0.15) is 0 Å². The number of aliphatic imine (C=N–C) groups is 1. The van der Waals surface area contributed by atoms with E-state index >= 15 is 0 Å². The van der Waals surface area contributed by atoms with Gasteiger partial charge in [-0.25, -0.2) is 4.79 Å². The Balaban J connectivity index is 6.73. The zero-order chi connectivity index (χ0) is 53.5. The smallest absolute Gasteiger partial charge is 0.326 e. The third-order valence-corrected chi connectivity index (χ3v) is 10.8. The molecule has 0 aromatic carbocycles. The molecule has 0 aliphatic rings. The van der Waals surface area contributed by atoms with Crippen molar-refractivity contribution in [3.63, 3.8) is 0 Å². The van der Waals surface area contributed by atoms with Gasteiger partial charge in [0.2, 0.25) is 47.3 Å². The first-order chi connectivity index (χ1) is 32.0. The molecular formula is C44H80N12O13. The summed E-state index contributed by atoms with van der Waals surface area (Å²) < 4.78 is 0. The molecule has 0 saturated heterocycles. The molecule has 394 valence electrons. The summed E-state index contributed by atoms with van der Waals surface area (Å²) in [6.07, 6.45) is -0.531. The number of rotatable bonds is 32. The lowest BCUT2D eigenvalue weighted by atomic mass is 9.95. The third-order valence-electron chi connectivity index (χ3n) is 10.8. The second-order valence-electron chi connectivity index (χ2n) is 18.8. The molecule has 0 rings (SSSR count). The fraction of sp³-hybridized carbons (Fsp3) is 0.750. The molecule has 25 nitrogen and oxygen atoms in total. The summed E-state index contributed by atoms with van der Waals surface area (Å²) in [6, 6.07) is -12.3. The van der Waals surface area contributed by atoms with Crippen LogP contribution in [0, 0.1) is 29.6 Å². The van der Waals surface area contributed by atoms with Crippen LogP contribution in [0.5, 0.6) is 0 Å². The predicted molar refractivity (Wildman–Crippen MR) is 254 cm³/mol. The van der Waals surface area contributed by atoms with E-state index in [1.165, 1.54) is 6.92 Å². The molecular weight excluding hydrogens is 905 g/mol. The molecule has 8 amide bonds. The van der Waals surface area contributed by atoms with Crippen LogP contribution in [-0.4, -0.2) is 148 Å². The summed E-state index contributed by atoms with van der Waals surface area (Å²) in [5.74, 6) is -12.2. The van der Waals surface area contributed by atoms with Crippen molar-refractivity contribution in [3.05, 3.63) is 0 Å². The second-order valence-corrected chi connectivity index (χ2v) is 18.8. The highest BCUT2D eigenvalue weighted by molar-refractivity contribution is 5.99. The minimum atomic E-state index is -1.80. The van der Waals surface area contributed by atoms with Crippen LogP contribution in [0.25, 0.3) is 0 Å². The lowest BCUT2D eigenvalue weighted by Gasteiger charge is -2.30. The van der Waals surface area contributed by atoms with Gasteiger partial charge in [0.25, 0.3) is 0 Å². The number of carboxylic acids is 2. The maximum atomic E-state index is 14.1. The molecule has 0 radical (unpaired) electrons. The lowest BCUT2D eigenvalue weighted by molar-refractivity contribution is -0.144. The number of amides is 8. The van der Waals surface area contributed by atoms with Crippen molar-refractivity contribution in [1.82, 2.24) is 42.5 Å². The lowest BCUT2D eigenvalue weighted by Crippen LogP contribution is -2.62. The Morgan fingerprint density at radius 1 is 0.507 bits per heavy atom. The molecule has 0 unspecified atom stereocenters. The fourth-order valence-corrected chi connectivity index (χ4v) is 6.64. The largest absolute Gasteiger partial charge is 0.481 e. The van der Waals surface area contributed by atoms with E-state index in [0.717, 1.165) is 0 Å². The molecule has 0 saturated carbocycles. The van der Waals surface area contributed by atoms with E-state index in [9.17, 15) is 63.3 Å². The van der Waals surface area contributed by atoms with Crippen LogP contribution < -0.4 is 59.7 Å². The van der Waals surface area contributed by atoms with Crippen molar-refractivity contribution in [1.29, 1.82) is 0 Å². The van der Waals surface area contributed by atoms with E-state index in [4.69, 9.17) is 17.2 Å². The van der Waals surface area contributed by atoms with E-state index in [-0.39, 0.29) is 50.0 Å². The first-order valence-electron chi connectivity index (χ1n) is 23.3. The molecule has 0 fully saturated rings.